The number of likely N-dealkylation sites (tertiary alicyclic amines) is 1. The third-order valence-corrected chi connectivity index (χ3v) is 6.44. The summed E-state index contributed by atoms with van der Waals surface area (Å²) in [6.45, 7) is 8.12. The average molecular weight is 356 g/mol. The number of benzene rings is 1. The maximum atomic E-state index is 3.67. The summed E-state index contributed by atoms with van der Waals surface area (Å²) in [6.07, 6.45) is 4.16. The van der Waals surface area contributed by atoms with Crippen molar-refractivity contribution in [1.82, 2.24) is 15.1 Å². The first-order valence-corrected chi connectivity index (χ1v) is 10.5. The van der Waals surface area contributed by atoms with E-state index in [0.717, 1.165) is 32.7 Å². The standard InChI is InChI=1S/C21H29N3S/c1-3-7-18(8-4-1)21-17-24(14-11-22-21)16-20-10-9-19(25-20)15-23-12-5-2-6-13-23/h1,3-4,7-10,21-22H,2,5-6,11-17H2/t21-/m0/s1. The highest BCUT2D eigenvalue weighted by atomic mass is 32.1. The zero-order valence-corrected chi connectivity index (χ0v) is 15.8. The predicted molar refractivity (Wildman–Crippen MR) is 106 cm³/mol. The van der Waals surface area contributed by atoms with Gasteiger partial charge >= 0.3 is 0 Å². The Labute approximate surface area is 155 Å². The van der Waals surface area contributed by atoms with Crippen molar-refractivity contribution < 1.29 is 0 Å². The van der Waals surface area contributed by atoms with Crippen LogP contribution in [0.4, 0.5) is 0 Å². The summed E-state index contributed by atoms with van der Waals surface area (Å²) in [7, 11) is 0. The highest BCUT2D eigenvalue weighted by Crippen LogP contribution is 2.24. The molecule has 1 aromatic heterocycles. The van der Waals surface area contributed by atoms with Crippen molar-refractivity contribution in [3.05, 3.63) is 57.8 Å². The molecule has 1 N–H and O–H groups in total. The van der Waals surface area contributed by atoms with Crippen LogP contribution in [0.5, 0.6) is 0 Å². The number of hydrogen-bond acceptors (Lipinski definition) is 4. The first kappa shape index (κ1) is 17.2. The Morgan fingerprint density at radius 1 is 0.840 bits per heavy atom. The molecule has 0 saturated carbocycles. The quantitative estimate of drug-likeness (QED) is 0.878. The number of hydrogen-bond donors (Lipinski definition) is 1. The molecule has 2 aliphatic rings. The van der Waals surface area contributed by atoms with E-state index in [1.54, 1.807) is 0 Å². The van der Waals surface area contributed by atoms with Crippen molar-refractivity contribution >= 4 is 11.3 Å². The summed E-state index contributed by atoms with van der Waals surface area (Å²) < 4.78 is 0. The van der Waals surface area contributed by atoms with Gasteiger partial charge in [0, 0.05) is 48.5 Å². The zero-order chi connectivity index (χ0) is 16.9. The fraction of sp³-hybridized carbons (Fsp3) is 0.524. The SMILES string of the molecule is c1ccc([C@@H]2CN(Cc3ccc(CN4CCCCC4)s3)CCN2)cc1. The summed E-state index contributed by atoms with van der Waals surface area (Å²) in [5.74, 6) is 0. The molecule has 134 valence electrons. The second-order valence-electron chi connectivity index (χ2n) is 7.36. The number of nitrogens with zero attached hydrogens (tertiary/aromatic N) is 2. The van der Waals surface area contributed by atoms with Gasteiger partial charge in [0.2, 0.25) is 0 Å². The van der Waals surface area contributed by atoms with Gasteiger partial charge in [-0.15, -0.1) is 11.3 Å². The van der Waals surface area contributed by atoms with E-state index in [9.17, 15) is 0 Å². The van der Waals surface area contributed by atoms with Crippen molar-refractivity contribution in [3.63, 3.8) is 0 Å². The van der Waals surface area contributed by atoms with Crippen molar-refractivity contribution in [2.45, 2.75) is 38.4 Å². The molecule has 3 heterocycles. The van der Waals surface area contributed by atoms with E-state index in [-0.39, 0.29) is 0 Å². The number of rotatable bonds is 5. The Bertz CT molecular complexity index is 648. The Balaban J connectivity index is 1.32. The molecule has 0 radical (unpaired) electrons. The van der Waals surface area contributed by atoms with Crippen LogP contribution in [0.15, 0.2) is 42.5 Å². The molecule has 2 saturated heterocycles. The third-order valence-electron chi connectivity index (χ3n) is 5.39. The Kier molecular flexibility index (Phi) is 5.83. The van der Waals surface area contributed by atoms with Crippen molar-refractivity contribution in [1.29, 1.82) is 0 Å². The molecule has 25 heavy (non-hydrogen) atoms. The van der Waals surface area contributed by atoms with Gasteiger partial charge in [-0.2, -0.15) is 0 Å². The first-order chi connectivity index (χ1) is 12.4. The minimum atomic E-state index is 0.461. The molecule has 4 heteroatoms. The maximum absolute atomic E-state index is 3.67. The van der Waals surface area contributed by atoms with Crippen LogP contribution in [-0.2, 0) is 13.1 Å². The van der Waals surface area contributed by atoms with Crippen LogP contribution in [0.1, 0.15) is 40.6 Å². The van der Waals surface area contributed by atoms with Crippen LogP contribution in [0.25, 0.3) is 0 Å². The molecule has 0 unspecified atom stereocenters. The molecule has 0 amide bonds. The molecule has 0 bridgehead atoms. The summed E-state index contributed by atoms with van der Waals surface area (Å²) in [5.41, 5.74) is 1.41. The summed E-state index contributed by atoms with van der Waals surface area (Å²) in [5, 5.41) is 3.67. The van der Waals surface area contributed by atoms with E-state index < -0.39 is 0 Å². The molecule has 3 nitrogen and oxygen atoms in total. The van der Waals surface area contributed by atoms with E-state index >= 15 is 0 Å². The fourth-order valence-electron chi connectivity index (χ4n) is 4.01. The van der Waals surface area contributed by atoms with Gasteiger partial charge in [-0.05, 0) is 43.6 Å². The number of piperazine rings is 1. The molecule has 2 aliphatic heterocycles. The molecule has 0 spiro atoms. The van der Waals surface area contributed by atoms with Crippen LogP contribution in [-0.4, -0.2) is 42.5 Å². The number of nitrogens with one attached hydrogen (secondary N) is 1. The van der Waals surface area contributed by atoms with Crippen LogP contribution < -0.4 is 5.32 Å². The molecule has 0 aliphatic carbocycles. The van der Waals surface area contributed by atoms with Crippen molar-refractivity contribution in [2.24, 2.45) is 0 Å². The summed E-state index contributed by atoms with van der Waals surface area (Å²) in [6, 6.07) is 16.0. The lowest BCUT2D eigenvalue weighted by atomic mass is 10.0. The van der Waals surface area contributed by atoms with E-state index in [2.05, 4.69) is 57.6 Å². The van der Waals surface area contributed by atoms with E-state index in [0.29, 0.717) is 6.04 Å². The fourth-order valence-corrected chi connectivity index (χ4v) is 5.12. The molecule has 2 fully saturated rings. The molecule has 2 aromatic rings. The van der Waals surface area contributed by atoms with E-state index in [4.69, 9.17) is 0 Å². The Morgan fingerprint density at radius 2 is 1.56 bits per heavy atom. The van der Waals surface area contributed by atoms with Gasteiger partial charge in [0.15, 0.2) is 0 Å². The predicted octanol–water partition coefficient (Wildman–Crippen LogP) is 3.88. The van der Waals surface area contributed by atoms with Gasteiger partial charge in [-0.3, -0.25) is 9.80 Å². The lowest BCUT2D eigenvalue weighted by Crippen LogP contribution is -2.45. The molecular formula is C21H29N3S. The van der Waals surface area contributed by atoms with Gasteiger partial charge in [-0.1, -0.05) is 36.8 Å². The van der Waals surface area contributed by atoms with Crippen molar-refractivity contribution in [2.75, 3.05) is 32.7 Å². The number of thiophene rings is 1. The largest absolute Gasteiger partial charge is 0.308 e. The molecule has 1 aromatic carbocycles. The maximum Gasteiger partial charge on any atom is 0.0449 e. The second kappa shape index (κ2) is 8.45. The van der Waals surface area contributed by atoms with E-state index in [1.807, 2.05) is 11.3 Å². The smallest absolute Gasteiger partial charge is 0.0449 e. The van der Waals surface area contributed by atoms with Gasteiger partial charge in [0.1, 0.15) is 0 Å². The monoisotopic (exact) mass is 355 g/mol. The van der Waals surface area contributed by atoms with Gasteiger partial charge in [0.25, 0.3) is 0 Å². The van der Waals surface area contributed by atoms with Crippen LogP contribution in [0.2, 0.25) is 0 Å². The molecular weight excluding hydrogens is 326 g/mol. The van der Waals surface area contributed by atoms with Gasteiger partial charge < -0.3 is 5.32 Å². The topological polar surface area (TPSA) is 18.5 Å². The first-order valence-electron chi connectivity index (χ1n) is 9.67. The minimum absolute atomic E-state index is 0.461. The average Bonchev–Trinajstić information content (AvgIpc) is 3.10. The second-order valence-corrected chi connectivity index (χ2v) is 8.61. The van der Waals surface area contributed by atoms with Gasteiger partial charge in [0.05, 0.1) is 0 Å². The van der Waals surface area contributed by atoms with E-state index in [1.165, 1.54) is 47.7 Å². The number of piperidine rings is 1. The minimum Gasteiger partial charge on any atom is -0.308 e. The van der Waals surface area contributed by atoms with Gasteiger partial charge in [-0.25, -0.2) is 0 Å². The summed E-state index contributed by atoms with van der Waals surface area (Å²) in [4.78, 5) is 8.27. The lowest BCUT2D eigenvalue weighted by molar-refractivity contribution is 0.195. The highest BCUT2D eigenvalue weighted by Gasteiger charge is 2.21. The Hall–Kier alpha value is -1.20. The Morgan fingerprint density at radius 3 is 2.32 bits per heavy atom. The van der Waals surface area contributed by atoms with Crippen molar-refractivity contribution in [3.8, 4) is 0 Å². The summed E-state index contributed by atoms with van der Waals surface area (Å²) >= 11 is 2.01. The highest BCUT2D eigenvalue weighted by molar-refractivity contribution is 7.11. The molecule has 4 rings (SSSR count). The molecule has 1 atom stereocenters. The van der Waals surface area contributed by atoms with Crippen LogP contribution >= 0.6 is 11.3 Å². The normalized spacial score (nSPS) is 23.0. The lowest BCUT2D eigenvalue weighted by Gasteiger charge is -2.33. The van der Waals surface area contributed by atoms with Crippen LogP contribution in [0.3, 0.4) is 0 Å². The zero-order valence-electron chi connectivity index (χ0n) is 15.0. The third kappa shape index (κ3) is 4.70. The van der Waals surface area contributed by atoms with Crippen LogP contribution in [0, 0.1) is 0 Å².